The van der Waals surface area contributed by atoms with Gasteiger partial charge in [-0.15, -0.1) is 0 Å². The van der Waals surface area contributed by atoms with Crippen LogP contribution in [0.4, 0.5) is 0 Å². The Bertz CT molecular complexity index is 674. The topological polar surface area (TPSA) is 61.8 Å². The van der Waals surface area contributed by atoms with Crippen molar-refractivity contribution in [2.24, 2.45) is 0 Å². The minimum absolute atomic E-state index is 0.303. The van der Waals surface area contributed by atoms with Crippen LogP contribution in [0.3, 0.4) is 0 Å². The highest BCUT2D eigenvalue weighted by Crippen LogP contribution is 2.19. The molecule has 0 saturated heterocycles. The lowest BCUT2D eigenvalue weighted by Crippen LogP contribution is -2.09. The zero-order valence-corrected chi connectivity index (χ0v) is 11.9. The van der Waals surface area contributed by atoms with Gasteiger partial charge in [0.25, 0.3) is 0 Å². The fourth-order valence-corrected chi connectivity index (χ4v) is 1.47. The highest BCUT2D eigenvalue weighted by Gasteiger charge is 2.09. The van der Waals surface area contributed by atoms with E-state index in [9.17, 15) is 9.59 Å². The van der Waals surface area contributed by atoms with Crippen LogP contribution < -0.4 is 9.62 Å². The van der Waals surface area contributed by atoms with Crippen LogP contribution in [0, 0.1) is 0 Å². The zero-order chi connectivity index (χ0) is 15.9. The summed E-state index contributed by atoms with van der Waals surface area (Å²) in [6.07, 6.45) is 0. The van der Waals surface area contributed by atoms with Crippen LogP contribution in [0.5, 0.6) is 11.5 Å². The number of rotatable bonds is 5. The SMILES string of the molecule is C=C(C)C(=O)Oc1ccc(OOC(=O)c2ccccc2)cc1. The summed E-state index contributed by atoms with van der Waals surface area (Å²) in [6.45, 7) is 5.05. The summed E-state index contributed by atoms with van der Waals surface area (Å²) < 4.78 is 5.02. The molecule has 0 aromatic heterocycles. The number of esters is 1. The molecular weight excluding hydrogens is 284 g/mol. The number of ether oxygens (including phenoxy) is 1. The van der Waals surface area contributed by atoms with Gasteiger partial charge in [-0.25, -0.2) is 14.5 Å². The molecule has 0 saturated carbocycles. The summed E-state index contributed by atoms with van der Waals surface area (Å²) >= 11 is 0. The van der Waals surface area contributed by atoms with Crippen molar-refractivity contribution in [2.75, 3.05) is 0 Å². The van der Waals surface area contributed by atoms with Crippen molar-refractivity contribution in [3.63, 3.8) is 0 Å². The molecule has 0 aliphatic rings. The molecule has 0 fully saturated rings. The molecule has 0 unspecified atom stereocenters. The zero-order valence-electron chi connectivity index (χ0n) is 11.9. The van der Waals surface area contributed by atoms with E-state index in [1.807, 2.05) is 0 Å². The van der Waals surface area contributed by atoms with Crippen LogP contribution in [0.25, 0.3) is 0 Å². The Balaban J connectivity index is 1.90. The van der Waals surface area contributed by atoms with Crippen molar-refractivity contribution in [1.29, 1.82) is 0 Å². The van der Waals surface area contributed by atoms with Gasteiger partial charge in [0, 0.05) is 5.57 Å². The highest BCUT2D eigenvalue weighted by molar-refractivity contribution is 5.89. The summed E-state index contributed by atoms with van der Waals surface area (Å²) in [6, 6.07) is 14.5. The van der Waals surface area contributed by atoms with E-state index in [1.54, 1.807) is 37.3 Å². The van der Waals surface area contributed by atoms with Gasteiger partial charge >= 0.3 is 11.9 Å². The number of hydrogen-bond donors (Lipinski definition) is 0. The summed E-state index contributed by atoms with van der Waals surface area (Å²) in [5, 5.41) is 0. The normalized spacial score (nSPS) is 9.68. The Hall–Kier alpha value is -3.08. The smallest absolute Gasteiger partial charge is 0.386 e. The molecule has 0 N–H and O–H groups in total. The summed E-state index contributed by atoms with van der Waals surface area (Å²) in [5.74, 6) is -0.461. The molecular formula is C17H14O5. The lowest BCUT2D eigenvalue weighted by molar-refractivity contribution is -0.149. The van der Waals surface area contributed by atoms with Crippen molar-refractivity contribution >= 4 is 11.9 Å². The molecule has 2 aromatic carbocycles. The predicted molar refractivity (Wildman–Crippen MR) is 79.4 cm³/mol. The second kappa shape index (κ2) is 7.08. The maximum absolute atomic E-state index is 11.7. The Labute approximate surface area is 127 Å². The van der Waals surface area contributed by atoms with E-state index in [0.29, 0.717) is 22.6 Å². The third-order valence-electron chi connectivity index (χ3n) is 2.61. The highest BCUT2D eigenvalue weighted by atomic mass is 17.2. The number of carbonyl (C=O) groups excluding carboxylic acids is 2. The van der Waals surface area contributed by atoms with Crippen LogP contribution in [0.15, 0.2) is 66.7 Å². The molecule has 0 atom stereocenters. The lowest BCUT2D eigenvalue weighted by atomic mass is 10.2. The van der Waals surface area contributed by atoms with Gasteiger partial charge in [-0.3, -0.25) is 4.89 Å². The molecule has 0 aliphatic heterocycles. The Morgan fingerprint density at radius 1 is 0.909 bits per heavy atom. The van der Waals surface area contributed by atoms with E-state index in [-0.39, 0.29) is 0 Å². The average Bonchev–Trinajstić information content (AvgIpc) is 2.54. The Morgan fingerprint density at radius 3 is 2.09 bits per heavy atom. The fraction of sp³-hybridized carbons (Fsp3) is 0.0588. The standard InChI is InChI=1S/C17H14O5/c1-12(2)16(18)20-14-8-10-15(11-9-14)21-22-17(19)13-6-4-3-5-7-13/h3-11H,1H2,2H3. The lowest BCUT2D eigenvalue weighted by Gasteiger charge is -2.06. The predicted octanol–water partition coefficient (Wildman–Crippen LogP) is 3.32. The van der Waals surface area contributed by atoms with E-state index < -0.39 is 11.9 Å². The van der Waals surface area contributed by atoms with Gasteiger partial charge in [-0.05, 0) is 43.3 Å². The molecule has 5 nitrogen and oxygen atoms in total. The molecule has 0 aliphatic carbocycles. The minimum Gasteiger partial charge on any atom is -0.423 e. The van der Waals surface area contributed by atoms with Gasteiger partial charge in [-0.2, -0.15) is 0 Å². The maximum atomic E-state index is 11.7. The van der Waals surface area contributed by atoms with Gasteiger partial charge in [0.05, 0.1) is 5.56 Å². The van der Waals surface area contributed by atoms with Crippen LogP contribution in [-0.2, 0) is 9.68 Å². The third kappa shape index (κ3) is 4.21. The van der Waals surface area contributed by atoms with E-state index in [2.05, 4.69) is 6.58 Å². The molecule has 0 amide bonds. The maximum Gasteiger partial charge on any atom is 0.386 e. The number of carbonyl (C=O) groups is 2. The number of hydrogen-bond acceptors (Lipinski definition) is 5. The molecule has 0 bridgehead atoms. The van der Waals surface area contributed by atoms with Crippen LogP contribution in [-0.4, -0.2) is 11.9 Å². The monoisotopic (exact) mass is 298 g/mol. The molecule has 112 valence electrons. The fourth-order valence-electron chi connectivity index (χ4n) is 1.47. The summed E-state index contributed by atoms with van der Waals surface area (Å²) in [4.78, 5) is 32.7. The van der Waals surface area contributed by atoms with Crippen molar-refractivity contribution in [3.8, 4) is 11.5 Å². The van der Waals surface area contributed by atoms with Crippen LogP contribution >= 0.6 is 0 Å². The van der Waals surface area contributed by atoms with Crippen molar-refractivity contribution in [2.45, 2.75) is 6.92 Å². The summed E-state index contributed by atoms with van der Waals surface area (Å²) in [7, 11) is 0. The number of benzene rings is 2. The van der Waals surface area contributed by atoms with Crippen LogP contribution in [0.1, 0.15) is 17.3 Å². The molecule has 2 rings (SSSR count). The van der Waals surface area contributed by atoms with Crippen LogP contribution in [0.2, 0.25) is 0 Å². The molecule has 0 heterocycles. The quantitative estimate of drug-likeness (QED) is 0.278. The van der Waals surface area contributed by atoms with Gasteiger partial charge < -0.3 is 4.74 Å². The first-order valence-electron chi connectivity index (χ1n) is 6.48. The van der Waals surface area contributed by atoms with E-state index in [0.717, 1.165) is 0 Å². The molecule has 0 radical (unpaired) electrons. The first-order valence-corrected chi connectivity index (χ1v) is 6.48. The Kier molecular flexibility index (Phi) is 4.93. The van der Waals surface area contributed by atoms with Crippen molar-refractivity contribution < 1.29 is 24.1 Å². The second-order valence-corrected chi connectivity index (χ2v) is 4.46. The Morgan fingerprint density at radius 2 is 1.50 bits per heavy atom. The molecule has 22 heavy (non-hydrogen) atoms. The van der Waals surface area contributed by atoms with Gasteiger partial charge in [0.15, 0.2) is 5.75 Å². The first kappa shape index (κ1) is 15.3. The van der Waals surface area contributed by atoms with Gasteiger partial charge in [0.2, 0.25) is 0 Å². The first-order chi connectivity index (χ1) is 10.6. The molecule has 5 heteroatoms. The summed E-state index contributed by atoms with van der Waals surface area (Å²) in [5.41, 5.74) is 0.687. The van der Waals surface area contributed by atoms with Gasteiger partial charge in [-0.1, -0.05) is 24.8 Å². The largest absolute Gasteiger partial charge is 0.423 e. The van der Waals surface area contributed by atoms with E-state index in [4.69, 9.17) is 14.5 Å². The van der Waals surface area contributed by atoms with Crippen molar-refractivity contribution in [3.05, 3.63) is 72.3 Å². The molecule has 2 aromatic rings. The van der Waals surface area contributed by atoms with Gasteiger partial charge in [0.1, 0.15) is 5.75 Å². The van der Waals surface area contributed by atoms with E-state index in [1.165, 1.54) is 24.3 Å². The third-order valence-corrected chi connectivity index (χ3v) is 2.61. The van der Waals surface area contributed by atoms with E-state index >= 15 is 0 Å². The average molecular weight is 298 g/mol. The molecule has 0 spiro atoms. The minimum atomic E-state index is -0.599. The second-order valence-electron chi connectivity index (χ2n) is 4.46. The van der Waals surface area contributed by atoms with Crippen molar-refractivity contribution in [1.82, 2.24) is 0 Å².